The summed E-state index contributed by atoms with van der Waals surface area (Å²) in [5.74, 6) is 1.94. The molecule has 1 rings (SSSR count). The Morgan fingerprint density at radius 1 is 1.38 bits per heavy atom. The van der Waals surface area contributed by atoms with E-state index < -0.39 is 6.09 Å². The topological polar surface area (TPSA) is 87.9 Å². The summed E-state index contributed by atoms with van der Waals surface area (Å²) in [6.45, 7) is 7.49. The third-order valence-electron chi connectivity index (χ3n) is 3.10. The Hall–Kier alpha value is -1.45. The molecule has 0 aliphatic rings. The second-order valence-electron chi connectivity index (χ2n) is 5.58. The summed E-state index contributed by atoms with van der Waals surface area (Å²) in [6, 6.07) is 3.70. The fourth-order valence-corrected chi connectivity index (χ4v) is 2.13. The molecule has 0 aliphatic heterocycles. The fraction of sp³-hybridized carbons (Fsp3) is 0.625. The van der Waals surface area contributed by atoms with Gasteiger partial charge in [0.2, 0.25) is 0 Å². The first-order valence-electron chi connectivity index (χ1n) is 7.95. The van der Waals surface area contributed by atoms with Crippen molar-refractivity contribution in [3.05, 3.63) is 24.2 Å². The van der Waals surface area contributed by atoms with E-state index in [4.69, 9.17) is 9.15 Å². The van der Waals surface area contributed by atoms with E-state index in [1.165, 1.54) is 0 Å². The SMILES string of the molecule is CCOC(=O)NC(CNC(=NC)NCc1ccco1)CC(C)C.I. The van der Waals surface area contributed by atoms with E-state index in [-0.39, 0.29) is 30.0 Å². The molecular weight excluding hydrogens is 423 g/mol. The lowest BCUT2D eigenvalue weighted by atomic mass is 10.0. The third-order valence-corrected chi connectivity index (χ3v) is 3.10. The number of aliphatic imine (C=N–C) groups is 1. The Labute approximate surface area is 161 Å². The molecule has 24 heavy (non-hydrogen) atoms. The predicted molar refractivity (Wildman–Crippen MR) is 106 cm³/mol. The summed E-state index contributed by atoms with van der Waals surface area (Å²) in [5.41, 5.74) is 0. The molecule has 1 unspecified atom stereocenters. The quantitative estimate of drug-likeness (QED) is 0.321. The minimum atomic E-state index is -0.390. The summed E-state index contributed by atoms with van der Waals surface area (Å²) in [6.07, 6.45) is 2.09. The molecule has 0 radical (unpaired) electrons. The third kappa shape index (κ3) is 9.64. The summed E-state index contributed by atoms with van der Waals surface area (Å²) in [7, 11) is 1.70. The number of guanidine groups is 1. The highest BCUT2D eigenvalue weighted by molar-refractivity contribution is 14.0. The van der Waals surface area contributed by atoms with Crippen LogP contribution >= 0.6 is 24.0 Å². The number of carbonyl (C=O) groups is 1. The van der Waals surface area contributed by atoms with Crippen LogP contribution in [0.4, 0.5) is 4.79 Å². The average Bonchev–Trinajstić information content (AvgIpc) is 3.00. The smallest absolute Gasteiger partial charge is 0.407 e. The average molecular weight is 452 g/mol. The van der Waals surface area contributed by atoms with Gasteiger partial charge in [-0.05, 0) is 31.4 Å². The molecule has 0 saturated carbocycles. The van der Waals surface area contributed by atoms with Crippen molar-refractivity contribution in [1.29, 1.82) is 0 Å². The first-order valence-corrected chi connectivity index (χ1v) is 7.95. The lowest BCUT2D eigenvalue weighted by Gasteiger charge is -2.22. The van der Waals surface area contributed by atoms with E-state index in [1.54, 1.807) is 20.2 Å². The monoisotopic (exact) mass is 452 g/mol. The molecule has 0 bridgehead atoms. The van der Waals surface area contributed by atoms with E-state index in [1.807, 2.05) is 12.1 Å². The van der Waals surface area contributed by atoms with Crippen LogP contribution in [-0.4, -0.2) is 38.3 Å². The highest BCUT2D eigenvalue weighted by atomic mass is 127. The van der Waals surface area contributed by atoms with Gasteiger partial charge in [0.15, 0.2) is 5.96 Å². The molecular formula is C16H29IN4O3. The maximum atomic E-state index is 11.6. The second-order valence-corrected chi connectivity index (χ2v) is 5.58. The van der Waals surface area contributed by atoms with Gasteiger partial charge in [0.25, 0.3) is 0 Å². The Bertz CT molecular complexity index is 478. The van der Waals surface area contributed by atoms with Gasteiger partial charge >= 0.3 is 6.09 Å². The predicted octanol–water partition coefficient (Wildman–Crippen LogP) is 2.72. The van der Waals surface area contributed by atoms with Gasteiger partial charge in [-0.2, -0.15) is 0 Å². The molecule has 3 N–H and O–H groups in total. The van der Waals surface area contributed by atoms with Crippen LogP contribution in [0.2, 0.25) is 0 Å². The van der Waals surface area contributed by atoms with Crippen molar-refractivity contribution in [2.75, 3.05) is 20.2 Å². The van der Waals surface area contributed by atoms with Crippen LogP contribution in [0.3, 0.4) is 0 Å². The molecule has 8 heteroatoms. The molecule has 1 aromatic heterocycles. The molecule has 1 aromatic rings. The van der Waals surface area contributed by atoms with Gasteiger partial charge in [-0.15, -0.1) is 24.0 Å². The maximum absolute atomic E-state index is 11.6. The van der Waals surface area contributed by atoms with E-state index in [0.29, 0.717) is 31.6 Å². The first-order chi connectivity index (χ1) is 11.0. The van der Waals surface area contributed by atoms with Crippen molar-refractivity contribution < 1.29 is 13.9 Å². The summed E-state index contributed by atoms with van der Waals surface area (Å²) >= 11 is 0. The molecule has 1 amide bonds. The standard InChI is InChI=1S/C16H28N4O3.HI/c1-5-22-16(21)20-13(9-12(2)3)10-18-15(17-4)19-11-14-7-6-8-23-14;/h6-8,12-13H,5,9-11H2,1-4H3,(H,20,21)(H2,17,18,19);1H. The van der Waals surface area contributed by atoms with Gasteiger partial charge in [-0.25, -0.2) is 4.79 Å². The van der Waals surface area contributed by atoms with E-state index in [0.717, 1.165) is 12.2 Å². The van der Waals surface area contributed by atoms with Gasteiger partial charge < -0.3 is 25.1 Å². The largest absolute Gasteiger partial charge is 0.467 e. The Morgan fingerprint density at radius 3 is 2.67 bits per heavy atom. The molecule has 0 saturated heterocycles. The Kier molecular flexibility index (Phi) is 12.1. The zero-order chi connectivity index (χ0) is 17.1. The van der Waals surface area contributed by atoms with Crippen LogP contribution in [-0.2, 0) is 11.3 Å². The number of hydrogen-bond acceptors (Lipinski definition) is 4. The number of hydrogen-bond donors (Lipinski definition) is 3. The van der Waals surface area contributed by atoms with Crippen molar-refractivity contribution in [1.82, 2.24) is 16.0 Å². The first kappa shape index (κ1) is 22.6. The molecule has 0 aromatic carbocycles. The number of ether oxygens (including phenoxy) is 1. The minimum Gasteiger partial charge on any atom is -0.467 e. The number of nitrogens with one attached hydrogen (secondary N) is 3. The number of amides is 1. The zero-order valence-corrected chi connectivity index (χ0v) is 17.1. The number of rotatable bonds is 8. The maximum Gasteiger partial charge on any atom is 0.407 e. The van der Waals surface area contributed by atoms with Crippen LogP contribution < -0.4 is 16.0 Å². The Morgan fingerprint density at radius 2 is 2.12 bits per heavy atom. The lowest BCUT2D eigenvalue weighted by Crippen LogP contribution is -2.47. The molecule has 1 heterocycles. The van der Waals surface area contributed by atoms with Crippen LogP contribution in [0.15, 0.2) is 27.8 Å². The highest BCUT2D eigenvalue weighted by Crippen LogP contribution is 2.04. The van der Waals surface area contributed by atoms with E-state index in [9.17, 15) is 4.79 Å². The van der Waals surface area contributed by atoms with Crippen LogP contribution in [0, 0.1) is 5.92 Å². The number of furan rings is 1. The zero-order valence-electron chi connectivity index (χ0n) is 14.8. The highest BCUT2D eigenvalue weighted by Gasteiger charge is 2.15. The van der Waals surface area contributed by atoms with Crippen LogP contribution in [0.1, 0.15) is 33.0 Å². The van der Waals surface area contributed by atoms with Crippen LogP contribution in [0.5, 0.6) is 0 Å². The van der Waals surface area contributed by atoms with Gasteiger partial charge in [-0.1, -0.05) is 13.8 Å². The molecule has 0 spiro atoms. The number of nitrogens with zero attached hydrogens (tertiary/aromatic N) is 1. The second kappa shape index (κ2) is 12.9. The van der Waals surface area contributed by atoms with Crippen LogP contribution in [0.25, 0.3) is 0 Å². The van der Waals surface area contributed by atoms with Crippen molar-refractivity contribution in [3.63, 3.8) is 0 Å². The van der Waals surface area contributed by atoms with Crippen molar-refractivity contribution in [2.45, 2.75) is 39.8 Å². The fourth-order valence-electron chi connectivity index (χ4n) is 2.13. The summed E-state index contributed by atoms with van der Waals surface area (Å²) in [5, 5.41) is 9.25. The van der Waals surface area contributed by atoms with E-state index >= 15 is 0 Å². The molecule has 0 aliphatic carbocycles. The van der Waals surface area contributed by atoms with Gasteiger partial charge in [0.1, 0.15) is 5.76 Å². The Balaban J connectivity index is 0.00000529. The normalized spacial score (nSPS) is 12.3. The number of alkyl carbamates (subject to hydrolysis) is 1. The van der Waals surface area contributed by atoms with Crippen molar-refractivity contribution >= 4 is 36.0 Å². The summed E-state index contributed by atoms with van der Waals surface area (Å²) < 4.78 is 10.2. The van der Waals surface area contributed by atoms with Gasteiger partial charge in [0.05, 0.1) is 19.4 Å². The number of halogens is 1. The van der Waals surface area contributed by atoms with Gasteiger partial charge in [0, 0.05) is 19.6 Å². The van der Waals surface area contributed by atoms with Crippen molar-refractivity contribution in [2.24, 2.45) is 10.9 Å². The molecule has 7 nitrogen and oxygen atoms in total. The van der Waals surface area contributed by atoms with E-state index in [2.05, 4.69) is 34.8 Å². The van der Waals surface area contributed by atoms with Gasteiger partial charge in [-0.3, -0.25) is 4.99 Å². The lowest BCUT2D eigenvalue weighted by molar-refractivity contribution is 0.146. The minimum absolute atomic E-state index is 0. The molecule has 0 fully saturated rings. The number of carbonyl (C=O) groups excluding carboxylic acids is 1. The summed E-state index contributed by atoms with van der Waals surface area (Å²) in [4.78, 5) is 15.8. The molecule has 1 atom stereocenters. The van der Waals surface area contributed by atoms with Crippen molar-refractivity contribution in [3.8, 4) is 0 Å². The molecule has 138 valence electrons.